The fraction of sp³-hybridized carbons (Fsp3) is 1.00. The van der Waals surface area contributed by atoms with Crippen molar-refractivity contribution in [2.75, 3.05) is 18.8 Å². The lowest BCUT2D eigenvalue weighted by Crippen LogP contribution is -2.40. The van der Waals surface area contributed by atoms with Crippen LogP contribution in [0.2, 0.25) is 0 Å². The van der Waals surface area contributed by atoms with Crippen LogP contribution in [0.1, 0.15) is 46.0 Å². The molecule has 2 unspecified atom stereocenters. The van der Waals surface area contributed by atoms with Crippen LogP contribution in [0.25, 0.3) is 0 Å². The molecular formula is C13H26N2O2S. The Morgan fingerprint density at radius 2 is 2.11 bits per heavy atom. The Labute approximate surface area is 111 Å². The van der Waals surface area contributed by atoms with Gasteiger partial charge in [-0.3, -0.25) is 0 Å². The summed E-state index contributed by atoms with van der Waals surface area (Å²) >= 11 is 0. The first-order valence-corrected chi connectivity index (χ1v) is 8.72. The maximum Gasteiger partial charge on any atom is 0.212 e. The average molecular weight is 274 g/mol. The molecule has 1 aliphatic carbocycles. The molecule has 1 saturated heterocycles. The predicted molar refractivity (Wildman–Crippen MR) is 73.9 cm³/mol. The van der Waals surface area contributed by atoms with Crippen molar-refractivity contribution in [2.45, 2.75) is 52.0 Å². The SMILES string of the molecule is CC1(C)CCC(NS(=O)(=O)CC2CCCNC2)C1. The predicted octanol–water partition coefficient (Wildman–Crippen LogP) is 1.48. The Morgan fingerprint density at radius 3 is 2.67 bits per heavy atom. The van der Waals surface area contributed by atoms with Crippen LogP contribution in [0, 0.1) is 11.3 Å². The highest BCUT2D eigenvalue weighted by atomic mass is 32.2. The van der Waals surface area contributed by atoms with E-state index >= 15 is 0 Å². The number of hydrogen-bond acceptors (Lipinski definition) is 3. The second-order valence-corrected chi connectivity index (χ2v) is 8.51. The van der Waals surface area contributed by atoms with Crippen LogP contribution in [0.15, 0.2) is 0 Å². The highest BCUT2D eigenvalue weighted by molar-refractivity contribution is 7.89. The molecule has 1 aliphatic heterocycles. The number of sulfonamides is 1. The maximum absolute atomic E-state index is 12.1. The van der Waals surface area contributed by atoms with E-state index < -0.39 is 10.0 Å². The minimum atomic E-state index is -3.10. The monoisotopic (exact) mass is 274 g/mol. The molecule has 0 aromatic heterocycles. The van der Waals surface area contributed by atoms with Crippen LogP contribution in [-0.4, -0.2) is 33.3 Å². The van der Waals surface area contributed by atoms with E-state index in [0.29, 0.717) is 5.41 Å². The zero-order valence-electron chi connectivity index (χ0n) is 11.5. The molecule has 2 N–H and O–H groups in total. The van der Waals surface area contributed by atoms with E-state index in [1.807, 2.05) is 0 Å². The fourth-order valence-electron chi connectivity index (χ4n) is 3.22. The van der Waals surface area contributed by atoms with Gasteiger partial charge in [-0.15, -0.1) is 0 Å². The van der Waals surface area contributed by atoms with Gasteiger partial charge in [0.05, 0.1) is 5.75 Å². The van der Waals surface area contributed by atoms with Crippen LogP contribution in [0.3, 0.4) is 0 Å². The van der Waals surface area contributed by atoms with Crippen LogP contribution < -0.4 is 10.0 Å². The molecule has 4 nitrogen and oxygen atoms in total. The lowest BCUT2D eigenvalue weighted by molar-refractivity contribution is 0.371. The highest BCUT2D eigenvalue weighted by Crippen LogP contribution is 2.37. The highest BCUT2D eigenvalue weighted by Gasteiger charge is 2.33. The van der Waals surface area contributed by atoms with Crippen molar-refractivity contribution >= 4 is 10.0 Å². The Kier molecular flexibility index (Phi) is 4.34. The Balaban J connectivity index is 1.83. The number of rotatable bonds is 4. The second kappa shape index (κ2) is 5.47. The van der Waals surface area contributed by atoms with Crippen LogP contribution >= 0.6 is 0 Å². The number of hydrogen-bond donors (Lipinski definition) is 2. The molecule has 0 amide bonds. The van der Waals surface area contributed by atoms with Gasteiger partial charge in [-0.05, 0) is 56.5 Å². The standard InChI is InChI=1S/C13H26N2O2S/c1-13(2)6-5-12(8-13)15-18(16,17)10-11-4-3-7-14-9-11/h11-12,14-15H,3-10H2,1-2H3. The largest absolute Gasteiger partial charge is 0.316 e. The molecule has 0 spiro atoms. The van der Waals surface area contributed by atoms with Gasteiger partial charge in [0, 0.05) is 6.04 Å². The Morgan fingerprint density at radius 1 is 1.33 bits per heavy atom. The molecule has 2 aliphatic rings. The average Bonchev–Trinajstić information content (AvgIpc) is 2.57. The van der Waals surface area contributed by atoms with E-state index in [1.54, 1.807) is 0 Å². The van der Waals surface area contributed by atoms with Gasteiger partial charge in [0.1, 0.15) is 0 Å². The summed E-state index contributed by atoms with van der Waals surface area (Å²) in [4.78, 5) is 0. The number of nitrogens with one attached hydrogen (secondary N) is 2. The summed E-state index contributed by atoms with van der Waals surface area (Å²) in [6.45, 7) is 6.30. The minimum Gasteiger partial charge on any atom is -0.316 e. The van der Waals surface area contributed by atoms with Gasteiger partial charge in [-0.1, -0.05) is 13.8 Å². The zero-order chi connectivity index (χ0) is 13.2. The summed E-state index contributed by atoms with van der Waals surface area (Å²) in [5, 5.41) is 3.27. The first kappa shape index (κ1) is 14.3. The molecule has 0 aromatic carbocycles. The third-order valence-corrected chi connectivity index (χ3v) is 5.77. The molecule has 2 rings (SSSR count). The van der Waals surface area contributed by atoms with E-state index in [0.717, 1.165) is 45.2 Å². The third-order valence-electron chi connectivity index (χ3n) is 4.17. The Bertz CT molecular complexity index is 372. The summed E-state index contributed by atoms with van der Waals surface area (Å²) in [5.74, 6) is 0.572. The summed E-state index contributed by atoms with van der Waals surface area (Å²) in [7, 11) is -3.10. The second-order valence-electron chi connectivity index (χ2n) is 6.72. The zero-order valence-corrected chi connectivity index (χ0v) is 12.4. The molecule has 0 bridgehead atoms. The molecule has 2 fully saturated rings. The van der Waals surface area contributed by atoms with Gasteiger partial charge in [0.15, 0.2) is 0 Å². The van der Waals surface area contributed by atoms with Crippen molar-refractivity contribution in [1.82, 2.24) is 10.0 Å². The third kappa shape index (κ3) is 4.21. The van der Waals surface area contributed by atoms with Gasteiger partial charge in [-0.25, -0.2) is 13.1 Å². The molecule has 2 atom stereocenters. The van der Waals surface area contributed by atoms with Crippen molar-refractivity contribution < 1.29 is 8.42 Å². The smallest absolute Gasteiger partial charge is 0.212 e. The van der Waals surface area contributed by atoms with Crippen molar-refractivity contribution in [3.8, 4) is 0 Å². The van der Waals surface area contributed by atoms with E-state index in [1.165, 1.54) is 0 Å². The molecule has 1 saturated carbocycles. The molecular weight excluding hydrogens is 248 g/mol. The Hall–Kier alpha value is -0.130. The van der Waals surface area contributed by atoms with Crippen molar-refractivity contribution in [1.29, 1.82) is 0 Å². The van der Waals surface area contributed by atoms with Crippen LogP contribution in [0.4, 0.5) is 0 Å². The summed E-state index contributed by atoms with van der Waals surface area (Å²) in [6.07, 6.45) is 5.19. The minimum absolute atomic E-state index is 0.154. The normalized spacial score (nSPS) is 32.6. The topological polar surface area (TPSA) is 58.2 Å². The van der Waals surface area contributed by atoms with Gasteiger partial charge < -0.3 is 5.32 Å². The molecule has 0 radical (unpaired) electrons. The van der Waals surface area contributed by atoms with Crippen molar-refractivity contribution in [3.63, 3.8) is 0 Å². The lowest BCUT2D eigenvalue weighted by atomic mass is 9.92. The van der Waals surface area contributed by atoms with Gasteiger partial charge in [0.25, 0.3) is 0 Å². The van der Waals surface area contributed by atoms with Crippen LogP contribution in [0.5, 0.6) is 0 Å². The fourth-order valence-corrected chi connectivity index (χ4v) is 4.93. The van der Waals surface area contributed by atoms with Gasteiger partial charge in [0.2, 0.25) is 10.0 Å². The van der Waals surface area contributed by atoms with E-state index in [4.69, 9.17) is 0 Å². The van der Waals surface area contributed by atoms with E-state index in [-0.39, 0.29) is 17.7 Å². The summed E-state index contributed by atoms with van der Waals surface area (Å²) in [6, 6.07) is 0.154. The molecule has 5 heteroatoms. The summed E-state index contributed by atoms with van der Waals surface area (Å²) < 4.78 is 27.2. The molecule has 18 heavy (non-hydrogen) atoms. The van der Waals surface area contributed by atoms with Crippen molar-refractivity contribution in [3.05, 3.63) is 0 Å². The molecule has 1 heterocycles. The van der Waals surface area contributed by atoms with Gasteiger partial charge in [-0.2, -0.15) is 0 Å². The molecule has 106 valence electrons. The molecule has 0 aromatic rings. The first-order chi connectivity index (χ1) is 8.36. The summed E-state index contributed by atoms with van der Waals surface area (Å²) in [5.41, 5.74) is 0.291. The van der Waals surface area contributed by atoms with E-state index in [9.17, 15) is 8.42 Å². The first-order valence-electron chi connectivity index (χ1n) is 7.07. The number of piperidine rings is 1. The van der Waals surface area contributed by atoms with E-state index in [2.05, 4.69) is 23.9 Å². The van der Waals surface area contributed by atoms with Gasteiger partial charge >= 0.3 is 0 Å². The maximum atomic E-state index is 12.1. The van der Waals surface area contributed by atoms with Crippen molar-refractivity contribution in [2.24, 2.45) is 11.3 Å². The quantitative estimate of drug-likeness (QED) is 0.816. The lowest BCUT2D eigenvalue weighted by Gasteiger charge is -2.24. The van der Waals surface area contributed by atoms with Crippen LogP contribution in [-0.2, 0) is 10.0 Å².